The minimum Gasteiger partial charge on any atom is -0.260 e. The fraction of sp³-hybridized carbons (Fsp3) is 0.118. The third kappa shape index (κ3) is 2.26. The second kappa shape index (κ2) is 5.63. The topological polar surface area (TPSA) is 58.7 Å². The molecule has 0 aliphatic carbocycles. The maximum absolute atomic E-state index is 12.5. The molecular formula is C17H12ClN3O. The highest BCUT2D eigenvalue weighted by Crippen LogP contribution is 2.26. The quantitative estimate of drug-likeness (QED) is 0.728. The normalized spacial score (nSPS) is 10.6. The average Bonchev–Trinajstić information content (AvgIpc) is 2.53. The van der Waals surface area contributed by atoms with Crippen molar-refractivity contribution in [1.29, 1.82) is 5.26 Å². The maximum atomic E-state index is 12.5. The van der Waals surface area contributed by atoms with Crippen molar-refractivity contribution < 1.29 is 0 Å². The van der Waals surface area contributed by atoms with E-state index in [-0.39, 0.29) is 5.69 Å². The van der Waals surface area contributed by atoms with E-state index in [0.717, 1.165) is 0 Å². The number of benzene rings is 2. The van der Waals surface area contributed by atoms with Crippen molar-refractivity contribution in [3.63, 3.8) is 0 Å². The number of para-hydroxylation sites is 1. The monoisotopic (exact) mass is 309 g/mol. The molecule has 0 saturated carbocycles. The second-order valence-corrected chi connectivity index (χ2v) is 5.26. The van der Waals surface area contributed by atoms with E-state index in [9.17, 15) is 10.1 Å². The van der Waals surface area contributed by atoms with Crippen LogP contribution in [0.25, 0.3) is 16.6 Å². The zero-order chi connectivity index (χ0) is 15.7. The Labute approximate surface area is 132 Å². The van der Waals surface area contributed by atoms with Gasteiger partial charge >= 0.3 is 5.69 Å². The smallest absolute Gasteiger partial charge is 0.260 e. The van der Waals surface area contributed by atoms with Gasteiger partial charge in [0.25, 0.3) is 0 Å². The van der Waals surface area contributed by atoms with Crippen LogP contribution in [-0.4, -0.2) is 9.55 Å². The van der Waals surface area contributed by atoms with E-state index in [4.69, 9.17) is 11.6 Å². The van der Waals surface area contributed by atoms with Gasteiger partial charge in [0, 0.05) is 10.4 Å². The van der Waals surface area contributed by atoms with Gasteiger partial charge in [0.2, 0.25) is 0 Å². The van der Waals surface area contributed by atoms with Crippen molar-refractivity contribution in [2.24, 2.45) is 0 Å². The number of rotatable bonds is 2. The minimum atomic E-state index is -0.373. The van der Waals surface area contributed by atoms with E-state index < -0.39 is 0 Å². The van der Waals surface area contributed by atoms with Gasteiger partial charge in [-0.3, -0.25) is 4.57 Å². The van der Waals surface area contributed by atoms with Crippen molar-refractivity contribution in [2.45, 2.75) is 13.3 Å². The Bertz CT molecular complexity index is 956. The highest BCUT2D eigenvalue weighted by atomic mass is 35.5. The van der Waals surface area contributed by atoms with Crippen LogP contribution >= 0.6 is 11.6 Å². The Morgan fingerprint density at radius 1 is 1.27 bits per heavy atom. The van der Waals surface area contributed by atoms with Crippen LogP contribution in [-0.2, 0) is 6.42 Å². The molecule has 0 fully saturated rings. The molecule has 0 aliphatic heterocycles. The van der Waals surface area contributed by atoms with Crippen molar-refractivity contribution in [3.8, 4) is 11.8 Å². The van der Waals surface area contributed by atoms with Crippen molar-refractivity contribution in [2.75, 3.05) is 0 Å². The van der Waals surface area contributed by atoms with Crippen molar-refractivity contribution in [1.82, 2.24) is 9.55 Å². The number of fused-ring (bicyclic) bond motifs is 1. The predicted octanol–water partition coefficient (Wildman–Crippen LogP) is 3.47. The molecule has 0 saturated heterocycles. The number of halogens is 1. The summed E-state index contributed by atoms with van der Waals surface area (Å²) in [7, 11) is 0. The van der Waals surface area contributed by atoms with Gasteiger partial charge in [-0.05, 0) is 30.7 Å². The van der Waals surface area contributed by atoms with E-state index in [0.29, 0.717) is 39.3 Å². The molecule has 4 nitrogen and oxygen atoms in total. The number of nitriles is 1. The highest BCUT2D eigenvalue weighted by molar-refractivity contribution is 6.31. The lowest BCUT2D eigenvalue weighted by atomic mass is 10.1. The molecule has 0 bridgehead atoms. The molecule has 0 atom stereocenters. The second-order valence-electron chi connectivity index (χ2n) is 4.82. The molecule has 0 radical (unpaired) electrons. The highest BCUT2D eigenvalue weighted by Gasteiger charge is 2.15. The van der Waals surface area contributed by atoms with E-state index in [1.807, 2.05) is 37.3 Å². The van der Waals surface area contributed by atoms with Crippen molar-refractivity contribution >= 4 is 22.5 Å². The van der Waals surface area contributed by atoms with Gasteiger partial charge in [-0.25, -0.2) is 4.79 Å². The molecule has 3 aromatic rings. The third-order valence-electron chi connectivity index (χ3n) is 3.50. The summed E-state index contributed by atoms with van der Waals surface area (Å²) in [5.74, 6) is 0. The molecule has 0 N–H and O–H groups in total. The van der Waals surface area contributed by atoms with E-state index in [1.165, 1.54) is 4.57 Å². The summed E-state index contributed by atoms with van der Waals surface area (Å²) in [5.41, 5.74) is 1.96. The zero-order valence-electron chi connectivity index (χ0n) is 11.9. The fourth-order valence-corrected chi connectivity index (χ4v) is 2.78. The summed E-state index contributed by atoms with van der Waals surface area (Å²) in [5, 5.41) is 10.5. The molecule has 2 aromatic carbocycles. The first-order valence-electron chi connectivity index (χ1n) is 6.86. The molecule has 1 heterocycles. The van der Waals surface area contributed by atoms with Crippen LogP contribution in [0.2, 0.25) is 5.02 Å². The van der Waals surface area contributed by atoms with Gasteiger partial charge < -0.3 is 0 Å². The van der Waals surface area contributed by atoms with Gasteiger partial charge in [0.1, 0.15) is 0 Å². The van der Waals surface area contributed by atoms with Crippen LogP contribution in [0.3, 0.4) is 0 Å². The zero-order valence-corrected chi connectivity index (χ0v) is 12.6. The average molecular weight is 310 g/mol. The Kier molecular flexibility index (Phi) is 3.66. The first-order valence-corrected chi connectivity index (χ1v) is 7.24. The standard InChI is InChI=1S/C17H12ClN3O/c1-2-14-16-11(10-19)8-12(18)9-15(16)21(17(22)20-14)13-6-4-3-5-7-13/h3-9H,2H2,1H3. The number of aromatic nitrogens is 2. The summed E-state index contributed by atoms with van der Waals surface area (Å²) in [4.78, 5) is 16.6. The van der Waals surface area contributed by atoms with Crippen LogP contribution in [0.5, 0.6) is 0 Å². The molecule has 108 valence electrons. The molecule has 0 unspecified atom stereocenters. The number of aryl methyl sites for hydroxylation is 1. The van der Waals surface area contributed by atoms with Gasteiger partial charge in [-0.15, -0.1) is 0 Å². The first-order chi connectivity index (χ1) is 10.7. The number of nitrogens with zero attached hydrogens (tertiary/aromatic N) is 3. The number of hydrogen-bond donors (Lipinski definition) is 0. The summed E-state index contributed by atoms with van der Waals surface area (Å²) in [6, 6.07) is 14.6. The Hall–Kier alpha value is -2.64. The van der Waals surface area contributed by atoms with Crippen LogP contribution in [0.4, 0.5) is 0 Å². The molecule has 1 aromatic heterocycles. The van der Waals surface area contributed by atoms with Crippen LogP contribution in [0.1, 0.15) is 18.2 Å². The molecular weight excluding hydrogens is 298 g/mol. The summed E-state index contributed by atoms with van der Waals surface area (Å²) < 4.78 is 1.49. The Morgan fingerprint density at radius 3 is 2.64 bits per heavy atom. The Morgan fingerprint density at radius 2 is 2.00 bits per heavy atom. The van der Waals surface area contributed by atoms with E-state index >= 15 is 0 Å². The third-order valence-corrected chi connectivity index (χ3v) is 3.72. The lowest BCUT2D eigenvalue weighted by molar-refractivity contribution is 0.910. The van der Waals surface area contributed by atoms with Gasteiger partial charge in [0.15, 0.2) is 0 Å². The lowest BCUT2D eigenvalue weighted by Gasteiger charge is -2.13. The molecule has 5 heteroatoms. The van der Waals surface area contributed by atoms with Gasteiger partial charge in [-0.1, -0.05) is 36.7 Å². The summed E-state index contributed by atoms with van der Waals surface area (Å²) in [6.45, 7) is 1.91. The molecule has 0 spiro atoms. The SMILES string of the molecule is CCc1nc(=O)n(-c2ccccc2)c2cc(Cl)cc(C#N)c12. The largest absolute Gasteiger partial charge is 0.352 e. The fourth-order valence-electron chi connectivity index (χ4n) is 2.57. The van der Waals surface area contributed by atoms with Crippen LogP contribution < -0.4 is 5.69 Å². The Balaban J connectivity index is 2.54. The van der Waals surface area contributed by atoms with E-state index in [2.05, 4.69) is 11.1 Å². The van der Waals surface area contributed by atoms with Crippen molar-refractivity contribution in [3.05, 3.63) is 69.2 Å². The maximum Gasteiger partial charge on any atom is 0.352 e. The van der Waals surface area contributed by atoms with Gasteiger partial charge in [-0.2, -0.15) is 10.2 Å². The van der Waals surface area contributed by atoms with Gasteiger partial charge in [0.05, 0.1) is 28.5 Å². The molecule has 0 aliphatic rings. The van der Waals surface area contributed by atoms with Crippen LogP contribution in [0.15, 0.2) is 47.3 Å². The van der Waals surface area contributed by atoms with Crippen LogP contribution in [0, 0.1) is 11.3 Å². The minimum absolute atomic E-state index is 0.373. The molecule has 0 amide bonds. The summed E-state index contributed by atoms with van der Waals surface area (Å²) in [6.07, 6.45) is 0.567. The first kappa shape index (κ1) is 14.3. The molecule has 3 rings (SSSR count). The molecule has 22 heavy (non-hydrogen) atoms. The predicted molar refractivity (Wildman–Crippen MR) is 86.4 cm³/mol. The number of hydrogen-bond acceptors (Lipinski definition) is 3. The lowest BCUT2D eigenvalue weighted by Crippen LogP contribution is -2.23. The summed E-state index contributed by atoms with van der Waals surface area (Å²) >= 11 is 6.12. The van der Waals surface area contributed by atoms with E-state index in [1.54, 1.807) is 12.1 Å².